The average Bonchev–Trinajstić information content (AvgIpc) is 3.39. The van der Waals surface area contributed by atoms with Gasteiger partial charge in [0.25, 0.3) is 0 Å². The summed E-state index contributed by atoms with van der Waals surface area (Å²) in [7, 11) is 0. The van der Waals surface area contributed by atoms with Crippen molar-refractivity contribution >= 4 is 39.8 Å². The first kappa shape index (κ1) is 18.8. The highest BCUT2D eigenvalue weighted by Gasteiger charge is 2.17. The lowest BCUT2D eigenvalue weighted by Crippen LogP contribution is -2.20. The second-order valence-corrected chi connectivity index (χ2v) is 7.28. The Bertz CT molecular complexity index is 1230. The van der Waals surface area contributed by atoms with Crippen LogP contribution in [0, 0.1) is 24.0 Å². The third-order valence-electron chi connectivity index (χ3n) is 4.09. The van der Waals surface area contributed by atoms with Crippen LogP contribution in [0.1, 0.15) is 12.1 Å². The fourth-order valence-electron chi connectivity index (χ4n) is 2.85. The molecule has 1 aromatic carbocycles. The van der Waals surface area contributed by atoms with Gasteiger partial charge >= 0.3 is 0 Å². The van der Waals surface area contributed by atoms with E-state index in [2.05, 4.69) is 20.2 Å². The molecule has 0 radical (unpaired) electrons. The number of fused-ring (bicyclic) bond motifs is 1. The number of aromatic nitrogens is 3. The molecule has 3 heterocycles. The summed E-state index contributed by atoms with van der Waals surface area (Å²) in [5.41, 5.74) is 7.32. The zero-order valence-electron chi connectivity index (χ0n) is 15.2. The molecule has 0 spiro atoms. The molecule has 0 aliphatic rings. The van der Waals surface area contributed by atoms with Crippen molar-refractivity contribution in [2.45, 2.75) is 13.3 Å². The Morgan fingerprint density at radius 3 is 2.93 bits per heavy atom. The number of rotatable bonds is 5. The van der Waals surface area contributed by atoms with Crippen LogP contribution in [-0.2, 0) is 0 Å². The minimum absolute atomic E-state index is 0.0543. The molecule has 0 unspecified atom stereocenters. The number of H-pyrrole nitrogens is 2. The molecule has 4 aromatic rings. The number of nitrogens with two attached hydrogens (primary N) is 1. The lowest BCUT2D eigenvalue weighted by molar-refractivity contribution is 0.480. The highest BCUT2D eigenvalue weighted by molar-refractivity contribution is 7.13. The zero-order valence-corrected chi connectivity index (χ0v) is 16.0. The van der Waals surface area contributed by atoms with Gasteiger partial charge in [0.05, 0.1) is 22.5 Å². The summed E-state index contributed by atoms with van der Waals surface area (Å²) in [5, 5.41) is 16.8. The minimum Gasteiger partial charge on any atom is -0.440 e. The average molecular weight is 414 g/mol. The smallest absolute Gasteiger partial charge is 0.195 e. The topological polar surface area (TPSA) is 116 Å². The number of ether oxygens (including phenoxy) is 1. The molecular formula is C19H16F2N6OS. The van der Waals surface area contributed by atoms with Crippen molar-refractivity contribution in [3.63, 3.8) is 0 Å². The summed E-state index contributed by atoms with van der Waals surface area (Å²) in [4.78, 5) is 7.88. The summed E-state index contributed by atoms with van der Waals surface area (Å²) < 4.78 is 33.9. The second kappa shape index (κ2) is 7.47. The monoisotopic (exact) mass is 414 g/mol. The quantitative estimate of drug-likeness (QED) is 0.281. The van der Waals surface area contributed by atoms with Crippen molar-refractivity contribution in [3.05, 3.63) is 53.0 Å². The maximum absolute atomic E-state index is 14.6. The van der Waals surface area contributed by atoms with Crippen molar-refractivity contribution in [1.82, 2.24) is 15.2 Å². The fourth-order valence-corrected chi connectivity index (χ4v) is 3.55. The Morgan fingerprint density at radius 2 is 2.17 bits per heavy atom. The van der Waals surface area contributed by atoms with Gasteiger partial charge in [-0.1, -0.05) is 6.07 Å². The van der Waals surface area contributed by atoms with Crippen molar-refractivity contribution in [1.29, 1.82) is 5.41 Å². The maximum atomic E-state index is 14.6. The van der Waals surface area contributed by atoms with E-state index in [0.29, 0.717) is 11.5 Å². The number of hydrogen-bond acceptors (Lipinski definition) is 5. The number of halogens is 2. The van der Waals surface area contributed by atoms with Gasteiger partial charge < -0.3 is 15.5 Å². The van der Waals surface area contributed by atoms with Crippen LogP contribution in [0.5, 0.6) is 5.75 Å². The van der Waals surface area contributed by atoms with Gasteiger partial charge in [0.2, 0.25) is 0 Å². The van der Waals surface area contributed by atoms with E-state index in [1.807, 2.05) is 17.5 Å². The SMILES string of the molecule is Cc1cc2c(F)c(OC(=N)CC(N)=Nc3cc(-c4cccs4)[nH]n3)cc(F)c2[nH]1. The van der Waals surface area contributed by atoms with E-state index in [-0.39, 0.29) is 34.8 Å². The van der Waals surface area contributed by atoms with E-state index in [4.69, 9.17) is 15.9 Å². The molecular weight excluding hydrogens is 398 g/mol. The predicted octanol–water partition coefficient (Wildman–Crippen LogP) is 4.64. The van der Waals surface area contributed by atoms with Gasteiger partial charge in [0.1, 0.15) is 5.84 Å². The minimum atomic E-state index is -0.751. The predicted molar refractivity (Wildman–Crippen MR) is 109 cm³/mol. The number of aliphatic imine (C=N–C) groups is 1. The molecule has 148 valence electrons. The number of aryl methyl sites for hydroxylation is 1. The van der Waals surface area contributed by atoms with Gasteiger partial charge in [-0.25, -0.2) is 13.8 Å². The van der Waals surface area contributed by atoms with Crippen LogP contribution in [0.4, 0.5) is 14.6 Å². The first-order chi connectivity index (χ1) is 13.9. The molecule has 10 heteroatoms. The number of benzene rings is 1. The zero-order chi connectivity index (χ0) is 20.5. The van der Waals surface area contributed by atoms with E-state index in [1.54, 1.807) is 24.3 Å². The number of nitrogens with zero attached hydrogens (tertiary/aromatic N) is 2. The third-order valence-corrected chi connectivity index (χ3v) is 4.99. The van der Waals surface area contributed by atoms with E-state index in [9.17, 15) is 8.78 Å². The second-order valence-electron chi connectivity index (χ2n) is 6.33. The number of thiophene rings is 1. The largest absolute Gasteiger partial charge is 0.440 e. The van der Waals surface area contributed by atoms with Crippen molar-refractivity contribution in [3.8, 4) is 16.3 Å². The van der Waals surface area contributed by atoms with Crippen LogP contribution in [0.2, 0.25) is 0 Å². The van der Waals surface area contributed by atoms with Crippen LogP contribution in [0.25, 0.3) is 21.5 Å². The molecule has 3 aromatic heterocycles. The van der Waals surface area contributed by atoms with Gasteiger partial charge in [-0.05, 0) is 24.4 Å². The van der Waals surface area contributed by atoms with E-state index in [1.165, 1.54) is 6.07 Å². The van der Waals surface area contributed by atoms with Crippen molar-refractivity contribution in [2.24, 2.45) is 10.7 Å². The normalized spacial score (nSPS) is 11.9. The Kier molecular flexibility index (Phi) is 4.85. The molecule has 7 nitrogen and oxygen atoms in total. The van der Waals surface area contributed by atoms with Crippen molar-refractivity contribution in [2.75, 3.05) is 0 Å². The van der Waals surface area contributed by atoms with E-state index < -0.39 is 11.6 Å². The number of amidine groups is 1. The third kappa shape index (κ3) is 3.87. The number of hydrogen-bond donors (Lipinski definition) is 4. The molecule has 0 aliphatic heterocycles. The van der Waals surface area contributed by atoms with E-state index in [0.717, 1.165) is 16.6 Å². The highest BCUT2D eigenvalue weighted by Crippen LogP contribution is 2.30. The number of nitrogens with one attached hydrogen (secondary N) is 3. The van der Waals surface area contributed by atoms with Crippen LogP contribution in [0.15, 0.2) is 40.7 Å². The van der Waals surface area contributed by atoms with Gasteiger partial charge in [-0.3, -0.25) is 10.5 Å². The Morgan fingerprint density at radius 1 is 1.34 bits per heavy atom. The van der Waals surface area contributed by atoms with Crippen LogP contribution in [0.3, 0.4) is 0 Å². The first-order valence-electron chi connectivity index (χ1n) is 8.55. The lowest BCUT2D eigenvalue weighted by Gasteiger charge is -2.09. The maximum Gasteiger partial charge on any atom is 0.195 e. The Labute approximate surface area is 167 Å². The molecule has 0 saturated heterocycles. The molecule has 0 fully saturated rings. The standard InChI is InChI=1S/C19H16F2N6OS/c1-9-5-10-18(21)13(6-11(20)19(10)24-9)28-16(23)8-15(22)25-17-7-12(26-27-17)14-3-2-4-29-14/h2-7,23-24H,8H2,1H3,(H3,22,25,26,27). The van der Waals surface area contributed by atoms with Gasteiger partial charge in [0, 0.05) is 23.2 Å². The molecule has 0 amide bonds. The summed E-state index contributed by atoms with van der Waals surface area (Å²) >= 11 is 1.55. The van der Waals surface area contributed by atoms with E-state index >= 15 is 0 Å². The van der Waals surface area contributed by atoms with Gasteiger partial charge in [-0.15, -0.1) is 11.3 Å². The molecule has 0 aliphatic carbocycles. The molecule has 0 bridgehead atoms. The summed E-state index contributed by atoms with van der Waals surface area (Å²) in [6.45, 7) is 1.69. The molecule has 4 rings (SSSR count). The summed E-state index contributed by atoms with van der Waals surface area (Å²) in [5.74, 6) is -1.77. The lowest BCUT2D eigenvalue weighted by atomic mass is 10.2. The fraction of sp³-hybridized carbons (Fsp3) is 0.105. The molecule has 0 saturated carbocycles. The highest BCUT2D eigenvalue weighted by atomic mass is 32.1. The van der Waals surface area contributed by atoms with Crippen LogP contribution in [-0.4, -0.2) is 26.9 Å². The van der Waals surface area contributed by atoms with Crippen LogP contribution < -0.4 is 10.5 Å². The van der Waals surface area contributed by atoms with Crippen molar-refractivity contribution < 1.29 is 13.5 Å². The molecule has 0 atom stereocenters. The van der Waals surface area contributed by atoms with Gasteiger partial charge in [0.15, 0.2) is 29.1 Å². The molecule has 5 N–H and O–H groups in total. The first-order valence-corrected chi connectivity index (χ1v) is 9.43. The number of aromatic amines is 2. The summed E-state index contributed by atoms with van der Waals surface area (Å²) in [6.07, 6.45) is -0.188. The summed E-state index contributed by atoms with van der Waals surface area (Å²) in [6, 6.07) is 7.96. The van der Waals surface area contributed by atoms with Gasteiger partial charge in [-0.2, -0.15) is 5.10 Å². The Hall–Kier alpha value is -3.53. The Balaban J connectivity index is 1.47. The molecule has 29 heavy (non-hydrogen) atoms. The van der Waals surface area contributed by atoms with Crippen LogP contribution >= 0.6 is 11.3 Å².